The Labute approximate surface area is 130 Å². The third-order valence-electron chi connectivity index (χ3n) is 4.83. The normalized spacial score (nSPS) is 24.0. The maximum Gasteiger partial charge on any atom is 0.0244 e. The molecule has 1 aromatic rings. The Bertz CT molecular complexity index is 439. The van der Waals surface area contributed by atoms with Crippen molar-refractivity contribution in [2.75, 3.05) is 19.6 Å². The van der Waals surface area contributed by atoms with E-state index in [9.17, 15) is 0 Å². The van der Waals surface area contributed by atoms with Gasteiger partial charge in [-0.1, -0.05) is 57.5 Å². The zero-order chi connectivity index (χ0) is 15.4. The van der Waals surface area contributed by atoms with Crippen LogP contribution >= 0.6 is 0 Å². The second kappa shape index (κ2) is 7.42. The van der Waals surface area contributed by atoms with Gasteiger partial charge < -0.3 is 5.32 Å². The van der Waals surface area contributed by atoms with Gasteiger partial charge in [0.2, 0.25) is 0 Å². The lowest BCUT2D eigenvalue weighted by atomic mass is 9.94. The van der Waals surface area contributed by atoms with Crippen molar-refractivity contribution in [3.05, 3.63) is 35.4 Å². The van der Waals surface area contributed by atoms with E-state index in [1.807, 2.05) is 0 Å². The predicted molar refractivity (Wildman–Crippen MR) is 91.7 cm³/mol. The van der Waals surface area contributed by atoms with Crippen LogP contribution in [-0.2, 0) is 6.42 Å². The third kappa shape index (κ3) is 4.55. The second-order valence-electron chi connectivity index (χ2n) is 7.30. The lowest BCUT2D eigenvalue weighted by molar-refractivity contribution is 0.0864. The summed E-state index contributed by atoms with van der Waals surface area (Å²) in [6, 6.07) is 10.3. The predicted octanol–water partition coefficient (Wildman–Crippen LogP) is 3.49. The van der Waals surface area contributed by atoms with E-state index in [1.165, 1.54) is 24.2 Å². The van der Waals surface area contributed by atoms with Crippen molar-refractivity contribution in [2.24, 2.45) is 11.8 Å². The van der Waals surface area contributed by atoms with E-state index in [2.05, 4.69) is 69.1 Å². The van der Waals surface area contributed by atoms with Crippen molar-refractivity contribution < 1.29 is 0 Å². The molecule has 2 atom stereocenters. The van der Waals surface area contributed by atoms with E-state index in [0.29, 0.717) is 23.9 Å². The van der Waals surface area contributed by atoms with Gasteiger partial charge in [-0.15, -0.1) is 0 Å². The van der Waals surface area contributed by atoms with Crippen LogP contribution < -0.4 is 5.32 Å². The molecule has 1 aliphatic heterocycles. The van der Waals surface area contributed by atoms with Crippen LogP contribution in [0, 0.1) is 18.8 Å². The molecule has 0 saturated carbocycles. The molecular weight excluding hydrogens is 256 g/mol. The van der Waals surface area contributed by atoms with Crippen molar-refractivity contribution in [3.63, 3.8) is 0 Å². The van der Waals surface area contributed by atoms with Gasteiger partial charge >= 0.3 is 0 Å². The summed E-state index contributed by atoms with van der Waals surface area (Å²) >= 11 is 0. The summed E-state index contributed by atoms with van der Waals surface area (Å²) in [4.78, 5) is 2.72. The Kier molecular flexibility index (Phi) is 5.83. The molecule has 1 heterocycles. The molecule has 1 saturated heterocycles. The monoisotopic (exact) mass is 288 g/mol. The SMILES string of the molecule is Cc1cccc(CCN2CC(C(C)C)NCC2C(C)C)c1. The first kappa shape index (κ1) is 16.5. The zero-order valence-corrected chi connectivity index (χ0v) is 14.4. The standard InChI is InChI=1S/C19H32N2/c1-14(2)18-13-21(19(12-20-18)15(3)4)10-9-17-8-6-7-16(5)11-17/h6-8,11,14-15,18-20H,9-10,12-13H2,1-5H3. The molecular formula is C19H32N2. The molecule has 1 aliphatic rings. The molecule has 1 fully saturated rings. The molecule has 21 heavy (non-hydrogen) atoms. The first-order valence-electron chi connectivity index (χ1n) is 8.50. The van der Waals surface area contributed by atoms with Crippen molar-refractivity contribution in [1.82, 2.24) is 10.2 Å². The fraction of sp³-hybridized carbons (Fsp3) is 0.684. The molecule has 0 radical (unpaired) electrons. The first-order chi connectivity index (χ1) is 9.97. The van der Waals surface area contributed by atoms with Gasteiger partial charge in [-0.05, 0) is 30.7 Å². The lowest BCUT2D eigenvalue weighted by Gasteiger charge is -2.43. The van der Waals surface area contributed by atoms with Gasteiger partial charge in [0.05, 0.1) is 0 Å². The summed E-state index contributed by atoms with van der Waals surface area (Å²) < 4.78 is 0. The van der Waals surface area contributed by atoms with Crippen molar-refractivity contribution in [2.45, 2.75) is 53.1 Å². The number of benzene rings is 1. The quantitative estimate of drug-likeness (QED) is 0.892. The van der Waals surface area contributed by atoms with Crippen LogP contribution in [-0.4, -0.2) is 36.6 Å². The summed E-state index contributed by atoms with van der Waals surface area (Å²) in [5.41, 5.74) is 2.84. The van der Waals surface area contributed by atoms with Crippen LogP contribution in [0.25, 0.3) is 0 Å². The van der Waals surface area contributed by atoms with Crippen molar-refractivity contribution >= 4 is 0 Å². The van der Waals surface area contributed by atoms with Gasteiger partial charge in [0.1, 0.15) is 0 Å². The summed E-state index contributed by atoms with van der Waals surface area (Å²) in [7, 11) is 0. The van der Waals surface area contributed by atoms with Crippen LogP contribution in [0.5, 0.6) is 0 Å². The van der Waals surface area contributed by atoms with Gasteiger partial charge in [-0.2, -0.15) is 0 Å². The highest BCUT2D eigenvalue weighted by molar-refractivity contribution is 5.22. The molecule has 2 heteroatoms. The Hall–Kier alpha value is -0.860. The van der Waals surface area contributed by atoms with E-state index in [0.717, 1.165) is 13.0 Å². The van der Waals surface area contributed by atoms with Gasteiger partial charge in [-0.3, -0.25) is 4.90 Å². The zero-order valence-electron chi connectivity index (χ0n) is 14.4. The molecule has 0 bridgehead atoms. The molecule has 1 aromatic carbocycles. The molecule has 118 valence electrons. The largest absolute Gasteiger partial charge is 0.311 e. The van der Waals surface area contributed by atoms with Gasteiger partial charge in [-0.25, -0.2) is 0 Å². The fourth-order valence-corrected chi connectivity index (χ4v) is 3.36. The minimum Gasteiger partial charge on any atom is -0.311 e. The number of rotatable bonds is 5. The fourth-order valence-electron chi connectivity index (χ4n) is 3.36. The van der Waals surface area contributed by atoms with Crippen molar-refractivity contribution in [3.8, 4) is 0 Å². The smallest absolute Gasteiger partial charge is 0.0244 e. The van der Waals surface area contributed by atoms with Crippen LogP contribution in [0.15, 0.2) is 24.3 Å². The van der Waals surface area contributed by atoms with Crippen LogP contribution in [0.1, 0.15) is 38.8 Å². The van der Waals surface area contributed by atoms with E-state index in [-0.39, 0.29) is 0 Å². The molecule has 2 nitrogen and oxygen atoms in total. The highest BCUT2D eigenvalue weighted by Gasteiger charge is 2.30. The lowest BCUT2D eigenvalue weighted by Crippen LogP contribution is -2.59. The molecule has 0 aromatic heterocycles. The average molecular weight is 288 g/mol. The van der Waals surface area contributed by atoms with Crippen LogP contribution in [0.2, 0.25) is 0 Å². The molecule has 0 amide bonds. The minimum absolute atomic E-state index is 0.637. The topological polar surface area (TPSA) is 15.3 Å². The Balaban J connectivity index is 1.99. The van der Waals surface area contributed by atoms with Gasteiger partial charge in [0.15, 0.2) is 0 Å². The molecule has 2 unspecified atom stereocenters. The van der Waals surface area contributed by atoms with E-state index >= 15 is 0 Å². The van der Waals surface area contributed by atoms with Crippen molar-refractivity contribution in [1.29, 1.82) is 0 Å². The van der Waals surface area contributed by atoms with E-state index in [4.69, 9.17) is 0 Å². The maximum absolute atomic E-state index is 3.75. The number of piperazine rings is 1. The summed E-state index contributed by atoms with van der Waals surface area (Å²) in [5.74, 6) is 1.42. The highest BCUT2D eigenvalue weighted by Crippen LogP contribution is 2.19. The number of aryl methyl sites for hydroxylation is 1. The van der Waals surface area contributed by atoms with Crippen LogP contribution in [0.3, 0.4) is 0 Å². The first-order valence-corrected chi connectivity index (χ1v) is 8.50. The molecule has 2 rings (SSSR count). The maximum atomic E-state index is 3.75. The second-order valence-corrected chi connectivity index (χ2v) is 7.30. The molecule has 0 spiro atoms. The average Bonchev–Trinajstić information content (AvgIpc) is 2.44. The minimum atomic E-state index is 0.637. The number of hydrogen-bond donors (Lipinski definition) is 1. The number of hydrogen-bond acceptors (Lipinski definition) is 2. The highest BCUT2D eigenvalue weighted by atomic mass is 15.2. The van der Waals surface area contributed by atoms with Gasteiger partial charge in [0, 0.05) is 31.7 Å². The third-order valence-corrected chi connectivity index (χ3v) is 4.83. The van der Waals surface area contributed by atoms with Crippen LogP contribution in [0.4, 0.5) is 0 Å². The summed E-state index contributed by atoms with van der Waals surface area (Å²) in [5, 5.41) is 3.75. The van der Waals surface area contributed by atoms with E-state index < -0.39 is 0 Å². The number of nitrogens with one attached hydrogen (secondary N) is 1. The summed E-state index contributed by atoms with van der Waals surface area (Å²) in [6.45, 7) is 15.0. The van der Waals surface area contributed by atoms with E-state index in [1.54, 1.807) is 0 Å². The Morgan fingerprint density at radius 3 is 2.57 bits per heavy atom. The molecule has 1 N–H and O–H groups in total. The molecule has 0 aliphatic carbocycles. The summed E-state index contributed by atoms with van der Waals surface area (Å²) in [6.07, 6.45) is 1.16. The van der Waals surface area contributed by atoms with Gasteiger partial charge in [0.25, 0.3) is 0 Å². The Morgan fingerprint density at radius 2 is 1.95 bits per heavy atom. The Morgan fingerprint density at radius 1 is 1.19 bits per heavy atom. The number of nitrogens with zero attached hydrogens (tertiary/aromatic N) is 1.